The molecule has 1 heterocycles. The average Bonchev–Trinajstić information content (AvgIpc) is 3.33. The highest BCUT2D eigenvalue weighted by Gasteiger charge is 2.17. The molecule has 0 saturated heterocycles. The average molecular weight is 428 g/mol. The maximum atomic E-state index is 13.1. The van der Waals surface area contributed by atoms with E-state index in [9.17, 15) is 4.79 Å². The molecule has 0 unspecified atom stereocenters. The molecule has 6 nitrogen and oxygen atoms in total. The zero-order valence-corrected chi connectivity index (χ0v) is 18.0. The Morgan fingerprint density at radius 2 is 1.56 bits per heavy atom. The molecular weight excluding hydrogens is 402 g/mol. The molecule has 0 fully saturated rings. The molecule has 1 aromatic heterocycles. The number of carbonyl (C=O) groups excluding carboxylic acids is 1. The molecule has 162 valence electrons. The van der Waals surface area contributed by atoms with Crippen LogP contribution in [0.5, 0.6) is 5.75 Å². The van der Waals surface area contributed by atoms with Crippen molar-refractivity contribution in [2.75, 3.05) is 7.11 Å². The lowest BCUT2D eigenvalue weighted by molar-refractivity contribution is -0.132. The van der Waals surface area contributed by atoms with Gasteiger partial charge in [-0.1, -0.05) is 78.0 Å². The summed E-state index contributed by atoms with van der Waals surface area (Å²) in [6.45, 7) is 1.10. The molecule has 0 saturated carbocycles. The van der Waals surface area contributed by atoms with E-state index >= 15 is 0 Å². The highest BCUT2D eigenvalue weighted by atomic mass is 16.5. The lowest BCUT2D eigenvalue weighted by Crippen LogP contribution is -2.30. The summed E-state index contributed by atoms with van der Waals surface area (Å²) in [6.07, 6.45) is 0.676. The first-order chi connectivity index (χ1) is 15.7. The molecule has 6 heteroatoms. The lowest BCUT2D eigenvalue weighted by atomic mass is 10.1. The number of aromatic nitrogens is 2. The summed E-state index contributed by atoms with van der Waals surface area (Å²) in [5.74, 6) is 1.69. The first-order valence-electron chi connectivity index (χ1n) is 10.5. The van der Waals surface area contributed by atoms with E-state index in [2.05, 4.69) is 10.1 Å². The zero-order valence-electron chi connectivity index (χ0n) is 18.0. The van der Waals surface area contributed by atoms with Gasteiger partial charge in [0.1, 0.15) is 5.75 Å². The third kappa shape index (κ3) is 5.60. The Morgan fingerprint density at radius 1 is 0.906 bits per heavy atom. The van der Waals surface area contributed by atoms with Gasteiger partial charge in [-0.3, -0.25) is 4.79 Å². The van der Waals surface area contributed by atoms with E-state index in [1.807, 2.05) is 89.8 Å². The summed E-state index contributed by atoms with van der Waals surface area (Å²) in [5.41, 5.74) is 2.99. The molecule has 0 aliphatic carbocycles. The smallest absolute Gasteiger partial charge is 0.227 e. The maximum Gasteiger partial charge on any atom is 0.227 e. The fraction of sp³-hybridized carbons (Fsp3) is 0.192. The normalized spacial score (nSPS) is 10.7. The van der Waals surface area contributed by atoms with Crippen LogP contribution in [-0.4, -0.2) is 28.1 Å². The molecule has 0 spiro atoms. The first kappa shape index (κ1) is 21.3. The van der Waals surface area contributed by atoms with Gasteiger partial charge in [-0.25, -0.2) is 0 Å². The number of aryl methyl sites for hydroxylation is 1. The Morgan fingerprint density at radius 3 is 2.19 bits per heavy atom. The minimum Gasteiger partial charge on any atom is -0.497 e. The summed E-state index contributed by atoms with van der Waals surface area (Å²) in [7, 11) is 1.61. The quantitative estimate of drug-likeness (QED) is 0.380. The minimum atomic E-state index is 0.0406. The van der Waals surface area contributed by atoms with Crippen LogP contribution in [-0.2, 0) is 24.3 Å². The van der Waals surface area contributed by atoms with Crippen molar-refractivity contribution >= 4 is 5.91 Å². The number of rotatable bonds is 9. The van der Waals surface area contributed by atoms with Gasteiger partial charge < -0.3 is 14.2 Å². The van der Waals surface area contributed by atoms with Gasteiger partial charge >= 0.3 is 0 Å². The molecule has 32 heavy (non-hydrogen) atoms. The van der Waals surface area contributed by atoms with Crippen molar-refractivity contribution in [1.82, 2.24) is 15.0 Å². The third-order valence-electron chi connectivity index (χ3n) is 5.13. The van der Waals surface area contributed by atoms with Gasteiger partial charge in [0.2, 0.25) is 17.6 Å². The van der Waals surface area contributed by atoms with E-state index < -0.39 is 0 Å². The summed E-state index contributed by atoms with van der Waals surface area (Å²) in [6, 6.07) is 27.5. The number of methoxy groups -OCH3 is 1. The Hall–Kier alpha value is -3.93. The summed E-state index contributed by atoms with van der Waals surface area (Å²) < 4.78 is 10.6. The fourth-order valence-electron chi connectivity index (χ4n) is 3.45. The Balaban J connectivity index is 1.43. The molecule has 4 rings (SSSR count). The topological polar surface area (TPSA) is 68.5 Å². The van der Waals surface area contributed by atoms with Crippen molar-refractivity contribution in [3.05, 3.63) is 102 Å². The molecule has 0 radical (unpaired) electrons. The Labute approximate surface area is 187 Å². The van der Waals surface area contributed by atoms with E-state index in [-0.39, 0.29) is 5.91 Å². The van der Waals surface area contributed by atoms with Crippen LogP contribution >= 0.6 is 0 Å². The molecule has 4 aromatic rings. The van der Waals surface area contributed by atoms with E-state index in [0.29, 0.717) is 37.6 Å². The van der Waals surface area contributed by atoms with E-state index in [1.165, 1.54) is 0 Å². The number of benzene rings is 3. The van der Waals surface area contributed by atoms with Crippen molar-refractivity contribution in [2.24, 2.45) is 0 Å². The summed E-state index contributed by atoms with van der Waals surface area (Å²) in [4.78, 5) is 19.4. The van der Waals surface area contributed by atoms with Crippen molar-refractivity contribution in [1.29, 1.82) is 0 Å². The zero-order chi connectivity index (χ0) is 22.2. The largest absolute Gasteiger partial charge is 0.497 e. The molecule has 0 aliphatic heterocycles. The fourth-order valence-corrected chi connectivity index (χ4v) is 3.45. The Bertz CT molecular complexity index is 1100. The third-order valence-corrected chi connectivity index (χ3v) is 5.13. The van der Waals surface area contributed by atoms with Crippen molar-refractivity contribution in [3.63, 3.8) is 0 Å². The summed E-state index contributed by atoms with van der Waals surface area (Å²) >= 11 is 0. The highest BCUT2D eigenvalue weighted by Crippen LogP contribution is 2.21. The van der Waals surface area contributed by atoms with E-state index in [4.69, 9.17) is 9.26 Å². The number of ether oxygens (including phenoxy) is 1. The molecule has 3 aromatic carbocycles. The van der Waals surface area contributed by atoms with Gasteiger partial charge in [0.15, 0.2) is 0 Å². The second-order valence-corrected chi connectivity index (χ2v) is 7.46. The molecule has 0 atom stereocenters. The first-order valence-corrected chi connectivity index (χ1v) is 10.5. The summed E-state index contributed by atoms with van der Waals surface area (Å²) in [5, 5.41) is 4.05. The van der Waals surface area contributed by atoms with Crippen LogP contribution in [0.2, 0.25) is 0 Å². The number of hydrogen-bond donors (Lipinski definition) is 0. The lowest BCUT2D eigenvalue weighted by Gasteiger charge is -2.23. The second-order valence-electron chi connectivity index (χ2n) is 7.46. The van der Waals surface area contributed by atoms with Crippen molar-refractivity contribution in [3.8, 4) is 17.1 Å². The Kier molecular flexibility index (Phi) is 6.92. The second kappa shape index (κ2) is 10.4. The molecule has 1 amide bonds. The number of carbonyl (C=O) groups is 1. The molecular formula is C26H25N3O3. The number of amides is 1. The standard InChI is InChI=1S/C26H25N3O3/c1-31-23-14-8-13-22(17-23)26-27-24(32-28-26)15-16-25(30)29(18-20-9-4-2-5-10-20)19-21-11-6-3-7-12-21/h2-14,17H,15-16,18-19H2,1H3. The van der Waals surface area contributed by atoms with E-state index in [0.717, 1.165) is 22.4 Å². The van der Waals surface area contributed by atoms with Crippen LogP contribution in [0.3, 0.4) is 0 Å². The van der Waals surface area contributed by atoms with Crippen LogP contribution in [0.15, 0.2) is 89.5 Å². The van der Waals surface area contributed by atoms with Crippen LogP contribution in [0, 0.1) is 0 Å². The van der Waals surface area contributed by atoms with Crippen LogP contribution in [0.1, 0.15) is 23.4 Å². The number of nitrogens with zero attached hydrogens (tertiary/aromatic N) is 3. The van der Waals surface area contributed by atoms with Crippen LogP contribution in [0.25, 0.3) is 11.4 Å². The van der Waals surface area contributed by atoms with Gasteiger partial charge in [0.05, 0.1) is 7.11 Å². The van der Waals surface area contributed by atoms with Gasteiger partial charge in [-0.05, 0) is 23.3 Å². The van der Waals surface area contributed by atoms with Gasteiger partial charge in [0, 0.05) is 31.5 Å². The SMILES string of the molecule is COc1cccc(-c2noc(CCC(=O)N(Cc3ccccc3)Cc3ccccc3)n2)c1. The minimum absolute atomic E-state index is 0.0406. The van der Waals surface area contributed by atoms with Crippen molar-refractivity contribution < 1.29 is 14.1 Å². The molecule has 0 bridgehead atoms. The molecule has 0 N–H and O–H groups in total. The monoisotopic (exact) mass is 427 g/mol. The van der Waals surface area contributed by atoms with Gasteiger partial charge in [0.25, 0.3) is 0 Å². The van der Waals surface area contributed by atoms with Crippen LogP contribution < -0.4 is 4.74 Å². The van der Waals surface area contributed by atoms with Gasteiger partial charge in [-0.15, -0.1) is 0 Å². The number of hydrogen-bond acceptors (Lipinski definition) is 5. The van der Waals surface area contributed by atoms with E-state index in [1.54, 1.807) is 7.11 Å². The molecule has 0 aliphatic rings. The van der Waals surface area contributed by atoms with Crippen molar-refractivity contribution in [2.45, 2.75) is 25.9 Å². The predicted molar refractivity (Wildman–Crippen MR) is 122 cm³/mol. The van der Waals surface area contributed by atoms with Gasteiger partial charge in [-0.2, -0.15) is 4.98 Å². The predicted octanol–water partition coefficient (Wildman–Crippen LogP) is 4.91. The van der Waals surface area contributed by atoms with Crippen LogP contribution in [0.4, 0.5) is 0 Å². The maximum absolute atomic E-state index is 13.1. The highest BCUT2D eigenvalue weighted by molar-refractivity contribution is 5.76.